The average Bonchev–Trinajstić information content (AvgIpc) is 3.25. The van der Waals surface area contributed by atoms with Gasteiger partial charge in [0.1, 0.15) is 5.60 Å². The van der Waals surface area contributed by atoms with Crippen molar-refractivity contribution >= 4 is 23.3 Å². The molecule has 0 aliphatic rings. The Balaban J connectivity index is 0. The molecule has 43 heavy (non-hydrogen) atoms. The Hall–Kier alpha value is -2.41. The summed E-state index contributed by atoms with van der Waals surface area (Å²) < 4.78 is 15.7. The van der Waals surface area contributed by atoms with E-state index in [1.54, 1.807) is 18.4 Å². The van der Waals surface area contributed by atoms with Crippen LogP contribution in [0.3, 0.4) is 0 Å². The molecule has 2 rings (SSSR count). The minimum absolute atomic E-state index is 0. The third-order valence-electron chi connectivity index (χ3n) is 7.54. The largest absolute Gasteiger partial charge is 0.481 e. The minimum atomic E-state index is -0.430. The number of unbranched alkanes of at least 4 members (excludes halogenated alkanes) is 1. The molecular formula is C36H63NO5S. The highest BCUT2D eigenvalue weighted by Gasteiger charge is 2.28. The first-order valence-electron chi connectivity index (χ1n) is 15.7. The third-order valence-corrected chi connectivity index (χ3v) is 9.10. The molecule has 248 valence electrons. The lowest BCUT2D eigenvalue weighted by Crippen LogP contribution is -2.23. The summed E-state index contributed by atoms with van der Waals surface area (Å²) in [7, 11) is 3.13. The van der Waals surface area contributed by atoms with E-state index < -0.39 is 5.60 Å². The molecule has 2 atom stereocenters. The van der Waals surface area contributed by atoms with Gasteiger partial charge in [-0.2, -0.15) is 0 Å². The Bertz CT molecular complexity index is 1140. The maximum Gasteiger partial charge on any atom is 0.339 e. The van der Waals surface area contributed by atoms with Gasteiger partial charge in [0, 0.05) is 28.9 Å². The van der Waals surface area contributed by atoms with Crippen LogP contribution in [-0.2, 0) is 27.1 Å². The number of aromatic nitrogens is 1. The number of hydrogen-bond acceptors (Lipinski definition) is 7. The van der Waals surface area contributed by atoms with Crippen molar-refractivity contribution in [2.24, 2.45) is 5.92 Å². The standard InChI is InChI=1S/C25H42O4S.C10H15NO.CH4.H2/c1-9-11-15-20-22(24(27)28-8)18(4)23(30-20)17(3)19(13-10-2)14-12-16-21(26)29-25(5,6)7;1-5-9-7(2)6-8(3)11-10(9)12-4;;/h17,19H,9-16H2,1-8H3;6H,5H2,1-4H3;1H4;1H/t17-,19?;;;/m1.../s1. The topological polar surface area (TPSA) is 74.7 Å². The molecule has 1 unspecified atom stereocenters. The third kappa shape index (κ3) is 13.0. The maximum atomic E-state index is 12.4. The molecule has 0 aliphatic carbocycles. The summed E-state index contributed by atoms with van der Waals surface area (Å²) in [6, 6.07) is 2.08. The van der Waals surface area contributed by atoms with E-state index >= 15 is 0 Å². The fraction of sp³-hybridized carbons (Fsp3) is 0.694. The van der Waals surface area contributed by atoms with Gasteiger partial charge in [-0.1, -0.05) is 54.4 Å². The molecule has 6 nitrogen and oxygen atoms in total. The highest BCUT2D eigenvalue weighted by Crippen LogP contribution is 2.41. The number of rotatable bonds is 14. The van der Waals surface area contributed by atoms with Crippen LogP contribution in [0.4, 0.5) is 0 Å². The van der Waals surface area contributed by atoms with Gasteiger partial charge < -0.3 is 14.2 Å². The average molecular weight is 622 g/mol. The monoisotopic (exact) mass is 621 g/mol. The second-order valence-electron chi connectivity index (χ2n) is 12.2. The summed E-state index contributed by atoms with van der Waals surface area (Å²) in [5.74, 6) is 1.28. The highest BCUT2D eigenvalue weighted by atomic mass is 32.1. The van der Waals surface area contributed by atoms with Crippen LogP contribution < -0.4 is 4.74 Å². The van der Waals surface area contributed by atoms with Crippen molar-refractivity contribution < 1.29 is 25.2 Å². The van der Waals surface area contributed by atoms with Gasteiger partial charge in [0.2, 0.25) is 5.88 Å². The van der Waals surface area contributed by atoms with Gasteiger partial charge in [-0.05, 0) is 103 Å². The number of methoxy groups -OCH3 is 2. The van der Waals surface area contributed by atoms with Gasteiger partial charge in [0.05, 0.1) is 19.8 Å². The van der Waals surface area contributed by atoms with Gasteiger partial charge in [-0.25, -0.2) is 9.78 Å². The van der Waals surface area contributed by atoms with Crippen molar-refractivity contribution in [2.75, 3.05) is 14.2 Å². The van der Waals surface area contributed by atoms with E-state index in [4.69, 9.17) is 14.2 Å². The van der Waals surface area contributed by atoms with Crippen molar-refractivity contribution in [1.29, 1.82) is 0 Å². The van der Waals surface area contributed by atoms with E-state index in [1.165, 1.54) is 23.1 Å². The summed E-state index contributed by atoms with van der Waals surface area (Å²) in [4.78, 5) is 31.3. The van der Waals surface area contributed by atoms with Crippen LogP contribution in [-0.4, -0.2) is 36.7 Å². The summed E-state index contributed by atoms with van der Waals surface area (Å²) in [5, 5.41) is 0. The van der Waals surface area contributed by atoms with Crippen LogP contribution in [0.15, 0.2) is 6.07 Å². The number of nitrogens with zero attached hydrogens (tertiary/aromatic N) is 1. The lowest BCUT2D eigenvalue weighted by atomic mass is 9.83. The number of carbonyl (C=O) groups excluding carboxylic acids is 2. The van der Waals surface area contributed by atoms with Crippen molar-refractivity contribution in [2.45, 2.75) is 146 Å². The molecule has 0 spiro atoms. The zero-order chi connectivity index (χ0) is 32.0. The lowest BCUT2D eigenvalue weighted by Gasteiger charge is -2.24. The second kappa shape index (κ2) is 19.8. The number of hydrogen-bond donors (Lipinski definition) is 0. The lowest BCUT2D eigenvalue weighted by molar-refractivity contribution is -0.155. The van der Waals surface area contributed by atoms with Crippen molar-refractivity contribution in [1.82, 2.24) is 4.98 Å². The number of ether oxygens (including phenoxy) is 3. The van der Waals surface area contributed by atoms with Crippen LogP contribution in [0.25, 0.3) is 0 Å². The Morgan fingerprint density at radius 1 is 1.02 bits per heavy atom. The highest BCUT2D eigenvalue weighted by molar-refractivity contribution is 7.12. The zero-order valence-corrected chi connectivity index (χ0v) is 29.3. The molecular weight excluding hydrogens is 558 g/mol. The molecule has 2 heterocycles. The summed E-state index contributed by atoms with van der Waals surface area (Å²) in [6.45, 7) is 20.6. The summed E-state index contributed by atoms with van der Waals surface area (Å²) in [6.07, 6.45) is 8.59. The van der Waals surface area contributed by atoms with Gasteiger partial charge in [-0.15, -0.1) is 11.3 Å². The normalized spacial score (nSPS) is 12.4. The molecule has 0 amide bonds. The maximum absolute atomic E-state index is 12.4. The first kappa shape index (κ1) is 40.6. The van der Waals surface area contributed by atoms with E-state index in [0.29, 0.717) is 18.3 Å². The Morgan fingerprint density at radius 2 is 1.67 bits per heavy atom. The number of esters is 2. The number of thiophene rings is 1. The number of aryl methyl sites for hydroxylation is 3. The molecule has 2 aromatic rings. The smallest absolute Gasteiger partial charge is 0.339 e. The predicted molar refractivity (Wildman–Crippen MR) is 184 cm³/mol. The van der Waals surface area contributed by atoms with Crippen molar-refractivity contribution in [3.05, 3.63) is 43.8 Å². The molecule has 2 aromatic heterocycles. The van der Waals surface area contributed by atoms with Gasteiger partial charge in [-0.3, -0.25) is 4.79 Å². The quantitative estimate of drug-likeness (QED) is 0.195. The van der Waals surface area contributed by atoms with Crippen molar-refractivity contribution in [3.63, 3.8) is 0 Å². The predicted octanol–water partition coefficient (Wildman–Crippen LogP) is 10.4. The SMILES string of the molecule is C.CCCCc1sc([C@H](C)C(CCC)CCCC(=O)OC(C)(C)C)c(C)c1C(=O)OC.CCc1c(C)cc(C)nc1OC.[HH]. The molecule has 0 N–H and O–H groups in total. The fourth-order valence-corrected chi connectivity index (χ4v) is 6.95. The number of pyridine rings is 1. The van der Waals surface area contributed by atoms with E-state index in [0.717, 1.165) is 78.9 Å². The fourth-order valence-electron chi connectivity index (χ4n) is 5.47. The van der Waals surface area contributed by atoms with E-state index in [2.05, 4.69) is 52.6 Å². The Labute approximate surface area is 268 Å². The van der Waals surface area contributed by atoms with Crippen LogP contribution in [0, 0.1) is 26.7 Å². The zero-order valence-electron chi connectivity index (χ0n) is 28.5. The van der Waals surface area contributed by atoms with E-state index in [1.807, 2.05) is 27.7 Å². The summed E-state index contributed by atoms with van der Waals surface area (Å²) >= 11 is 1.79. The molecule has 0 aromatic carbocycles. The van der Waals surface area contributed by atoms with Gasteiger partial charge in [0.15, 0.2) is 0 Å². The number of carbonyl (C=O) groups is 2. The molecule has 0 radical (unpaired) electrons. The molecule has 0 bridgehead atoms. The van der Waals surface area contributed by atoms with Crippen LogP contribution in [0.1, 0.15) is 151 Å². The molecule has 0 saturated carbocycles. The van der Waals surface area contributed by atoms with Gasteiger partial charge >= 0.3 is 11.9 Å². The Morgan fingerprint density at radius 3 is 2.19 bits per heavy atom. The minimum Gasteiger partial charge on any atom is -0.481 e. The molecule has 0 saturated heterocycles. The van der Waals surface area contributed by atoms with E-state index in [-0.39, 0.29) is 20.8 Å². The van der Waals surface area contributed by atoms with E-state index in [9.17, 15) is 9.59 Å². The van der Waals surface area contributed by atoms with Gasteiger partial charge in [0.25, 0.3) is 0 Å². The first-order valence-corrected chi connectivity index (χ1v) is 16.5. The molecule has 7 heteroatoms. The van der Waals surface area contributed by atoms with Crippen molar-refractivity contribution in [3.8, 4) is 5.88 Å². The van der Waals surface area contributed by atoms with Crippen LogP contribution >= 0.6 is 11.3 Å². The first-order chi connectivity index (χ1) is 19.7. The molecule has 0 aliphatic heterocycles. The Kier molecular flexibility index (Phi) is 18.7. The summed E-state index contributed by atoms with van der Waals surface area (Å²) in [5.41, 5.74) is 4.92. The second-order valence-corrected chi connectivity index (χ2v) is 13.4. The molecule has 0 fully saturated rings. The van der Waals surface area contributed by atoms with Crippen LogP contribution in [0.2, 0.25) is 0 Å². The van der Waals surface area contributed by atoms with Crippen LogP contribution in [0.5, 0.6) is 5.88 Å².